The number of nitrogens with zero attached hydrogens (tertiary/aromatic N) is 1. The molecule has 0 bridgehead atoms. The zero-order valence-electron chi connectivity index (χ0n) is 6.52. The minimum atomic E-state index is -0.438. The normalized spacial score (nSPS) is 31.2. The Balaban J connectivity index is 1.70. The van der Waals surface area contributed by atoms with E-state index >= 15 is 0 Å². The minimum absolute atomic E-state index is 0.438. The monoisotopic (exact) mass is 224 g/mol. The summed E-state index contributed by atoms with van der Waals surface area (Å²) in [6.45, 7) is 1.87. The second-order valence-corrected chi connectivity index (χ2v) is 5.64. The molecule has 0 aromatic rings. The van der Waals surface area contributed by atoms with E-state index in [9.17, 15) is 0 Å². The zero-order valence-corrected chi connectivity index (χ0v) is 8.85. The van der Waals surface area contributed by atoms with Gasteiger partial charge in [0.1, 0.15) is 4.33 Å². The Bertz CT molecular complexity index is 217. The number of nitrogens with one attached hydrogen (secondary N) is 1. The first kappa shape index (κ1) is 8.97. The molecule has 2 rings (SSSR count). The predicted molar refractivity (Wildman–Crippen MR) is 55.3 cm³/mol. The fraction of sp³-hybridized carbons (Fsp3) is 0.857. The summed E-state index contributed by atoms with van der Waals surface area (Å²) in [7, 11) is 0. The summed E-state index contributed by atoms with van der Waals surface area (Å²) in [6, 6.07) is 0. The third-order valence-corrected chi connectivity index (χ3v) is 4.06. The van der Waals surface area contributed by atoms with Crippen LogP contribution < -0.4 is 5.32 Å². The number of hydrogen-bond acceptors (Lipinski definition) is 3. The Kier molecular flexibility index (Phi) is 2.45. The summed E-state index contributed by atoms with van der Waals surface area (Å²) in [5, 5.41) is 4.24. The van der Waals surface area contributed by atoms with Crippen molar-refractivity contribution in [3.8, 4) is 0 Å². The van der Waals surface area contributed by atoms with E-state index in [2.05, 4.69) is 10.3 Å². The van der Waals surface area contributed by atoms with Crippen LogP contribution in [0.25, 0.3) is 0 Å². The summed E-state index contributed by atoms with van der Waals surface area (Å²) < 4.78 is -0.438. The summed E-state index contributed by atoms with van der Waals surface area (Å²) in [5.41, 5.74) is 0. The van der Waals surface area contributed by atoms with Gasteiger partial charge in [-0.3, -0.25) is 4.99 Å². The zero-order chi connectivity index (χ0) is 8.60. The molecule has 0 aromatic heterocycles. The highest BCUT2D eigenvalue weighted by molar-refractivity contribution is 8.13. The van der Waals surface area contributed by atoms with Gasteiger partial charge in [0.15, 0.2) is 5.17 Å². The topological polar surface area (TPSA) is 24.4 Å². The van der Waals surface area contributed by atoms with Crippen molar-refractivity contribution in [2.45, 2.75) is 10.8 Å². The maximum Gasteiger partial charge on any atom is 0.156 e. The largest absolute Gasteiger partial charge is 0.363 e. The molecule has 1 unspecified atom stereocenters. The lowest BCUT2D eigenvalue weighted by Crippen LogP contribution is -2.15. The van der Waals surface area contributed by atoms with Gasteiger partial charge in [0.25, 0.3) is 0 Å². The van der Waals surface area contributed by atoms with E-state index in [1.54, 1.807) is 11.8 Å². The molecule has 1 atom stereocenters. The number of rotatable bonds is 2. The van der Waals surface area contributed by atoms with Crippen LogP contribution in [0.3, 0.4) is 0 Å². The molecule has 0 aromatic carbocycles. The number of alkyl halides is 2. The van der Waals surface area contributed by atoms with E-state index in [1.807, 2.05) is 0 Å². The minimum Gasteiger partial charge on any atom is -0.363 e. The maximum absolute atomic E-state index is 5.88. The van der Waals surface area contributed by atoms with E-state index in [0.717, 1.165) is 30.4 Å². The van der Waals surface area contributed by atoms with Crippen molar-refractivity contribution in [3.05, 3.63) is 0 Å². The maximum atomic E-state index is 5.88. The number of hydrogen-bond donors (Lipinski definition) is 1. The van der Waals surface area contributed by atoms with Crippen LogP contribution in [-0.2, 0) is 0 Å². The lowest BCUT2D eigenvalue weighted by atomic mass is 10.5. The summed E-state index contributed by atoms with van der Waals surface area (Å²) in [4.78, 5) is 4.27. The van der Waals surface area contributed by atoms with E-state index in [-0.39, 0.29) is 0 Å². The molecule has 0 spiro atoms. The molecule has 1 N–H and O–H groups in total. The Morgan fingerprint density at radius 1 is 1.67 bits per heavy atom. The van der Waals surface area contributed by atoms with Crippen LogP contribution in [0.15, 0.2) is 4.99 Å². The second-order valence-electron chi connectivity index (χ2n) is 3.09. The number of amidine groups is 1. The molecule has 1 aliphatic carbocycles. The molecule has 0 amide bonds. The Labute approximate surface area is 86.1 Å². The summed E-state index contributed by atoms with van der Waals surface area (Å²) in [6.07, 6.45) is 0.927. The number of aliphatic imine (C=N–C) groups is 1. The predicted octanol–water partition coefficient (Wildman–Crippen LogP) is 1.87. The van der Waals surface area contributed by atoms with Gasteiger partial charge < -0.3 is 5.32 Å². The van der Waals surface area contributed by atoms with Gasteiger partial charge in [-0.25, -0.2) is 0 Å². The Morgan fingerprint density at radius 3 is 2.92 bits per heavy atom. The standard InChI is InChI=1S/C7H10Cl2N2S/c8-7(9)3-5(7)4-12-6-10-1-2-11-6/h5H,1-4H2,(H,10,11). The highest BCUT2D eigenvalue weighted by Gasteiger charge is 2.51. The van der Waals surface area contributed by atoms with Gasteiger partial charge in [-0.05, 0) is 6.42 Å². The van der Waals surface area contributed by atoms with Gasteiger partial charge in [-0.2, -0.15) is 0 Å². The molecule has 1 heterocycles. The number of halogens is 2. The molecule has 2 aliphatic rings. The SMILES string of the molecule is ClC1(Cl)CC1CSC1=NCCN1. The van der Waals surface area contributed by atoms with Crippen molar-refractivity contribution < 1.29 is 0 Å². The second kappa shape index (κ2) is 3.28. The van der Waals surface area contributed by atoms with Crippen molar-refractivity contribution in [2.75, 3.05) is 18.8 Å². The van der Waals surface area contributed by atoms with Gasteiger partial charge >= 0.3 is 0 Å². The van der Waals surface area contributed by atoms with Gasteiger partial charge in [0.2, 0.25) is 0 Å². The van der Waals surface area contributed by atoms with Crippen LogP contribution in [0.1, 0.15) is 6.42 Å². The van der Waals surface area contributed by atoms with Gasteiger partial charge in [0.05, 0.1) is 6.54 Å². The van der Waals surface area contributed by atoms with Crippen LogP contribution in [0.2, 0.25) is 0 Å². The molecule has 1 saturated carbocycles. The summed E-state index contributed by atoms with van der Waals surface area (Å²) >= 11 is 13.5. The molecule has 68 valence electrons. The third-order valence-electron chi connectivity index (χ3n) is 2.02. The van der Waals surface area contributed by atoms with E-state index < -0.39 is 4.33 Å². The lowest BCUT2D eigenvalue weighted by molar-refractivity contribution is 0.962. The van der Waals surface area contributed by atoms with Crippen molar-refractivity contribution in [1.82, 2.24) is 5.32 Å². The molecule has 5 heteroatoms. The van der Waals surface area contributed by atoms with Gasteiger partial charge in [-0.1, -0.05) is 11.8 Å². The van der Waals surface area contributed by atoms with Crippen molar-refractivity contribution in [2.24, 2.45) is 10.9 Å². The fourth-order valence-corrected chi connectivity index (χ4v) is 2.96. The lowest BCUT2D eigenvalue weighted by Gasteiger charge is -2.00. The molecule has 0 saturated heterocycles. The quantitative estimate of drug-likeness (QED) is 0.725. The van der Waals surface area contributed by atoms with E-state index in [0.29, 0.717) is 5.92 Å². The third kappa shape index (κ3) is 2.01. The highest BCUT2D eigenvalue weighted by Crippen LogP contribution is 2.54. The van der Waals surface area contributed by atoms with Crippen LogP contribution >= 0.6 is 35.0 Å². The molecular weight excluding hydrogens is 215 g/mol. The van der Waals surface area contributed by atoms with Crippen LogP contribution in [0.5, 0.6) is 0 Å². The van der Waals surface area contributed by atoms with Crippen molar-refractivity contribution in [3.63, 3.8) is 0 Å². The smallest absolute Gasteiger partial charge is 0.156 e. The molecular formula is C7H10Cl2N2S. The molecule has 2 nitrogen and oxygen atoms in total. The number of thioether (sulfide) groups is 1. The molecule has 1 aliphatic heterocycles. The first-order chi connectivity index (χ1) is 5.68. The van der Waals surface area contributed by atoms with Crippen LogP contribution in [0.4, 0.5) is 0 Å². The average Bonchev–Trinajstić information content (AvgIpc) is 2.54. The van der Waals surface area contributed by atoms with Crippen molar-refractivity contribution >= 4 is 40.1 Å². The molecule has 12 heavy (non-hydrogen) atoms. The van der Waals surface area contributed by atoms with E-state index in [4.69, 9.17) is 23.2 Å². The van der Waals surface area contributed by atoms with Crippen molar-refractivity contribution in [1.29, 1.82) is 0 Å². The highest BCUT2D eigenvalue weighted by atomic mass is 35.5. The first-order valence-electron chi connectivity index (χ1n) is 3.97. The van der Waals surface area contributed by atoms with Gasteiger partial charge in [0, 0.05) is 18.2 Å². The van der Waals surface area contributed by atoms with E-state index in [1.165, 1.54) is 0 Å². The van der Waals surface area contributed by atoms with Crippen LogP contribution in [0, 0.1) is 5.92 Å². The Hall–Kier alpha value is 0.400. The van der Waals surface area contributed by atoms with Crippen LogP contribution in [-0.4, -0.2) is 28.3 Å². The molecule has 1 fully saturated rings. The average molecular weight is 225 g/mol. The molecule has 0 radical (unpaired) electrons. The van der Waals surface area contributed by atoms with Gasteiger partial charge in [-0.15, -0.1) is 23.2 Å². The Morgan fingerprint density at radius 2 is 2.42 bits per heavy atom. The first-order valence-corrected chi connectivity index (χ1v) is 5.71. The fourth-order valence-electron chi connectivity index (χ4n) is 1.10. The summed E-state index contributed by atoms with van der Waals surface area (Å²) in [5.74, 6) is 1.44.